The first-order valence-electron chi connectivity index (χ1n) is 5.64. The first-order chi connectivity index (χ1) is 8.11. The SMILES string of the molecule is CCCCc1cccc(N=C(N)N=C(N)N)c1. The highest BCUT2D eigenvalue weighted by Crippen LogP contribution is 2.15. The molecule has 0 unspecified atom stereocenters. The molecule has 0 aromatic heterocycles. The van der Waals surface area contributed by atoms with Gasteiger partial charge in [0.2, 0.25) is 5.96 Å². The van der Waals surface area contributed by atoms with E-state index in [0.717, 1.165) is 18.5 Å². The molecule has 1 aromatic carbocycles. The van der Waals surface area contributed by atoms with Crippen LogP contribution in [0.3, 0.4) is 0 Å². The summed E-state index contributed by atoms with van der Waals surface area (Å²) in [6.07, 6.45) is 3.38. The maximum absolute atomic E-state index is 5.56. The highest BCUT2D eigenvalue weighted by atomic mass is 15.1. The van der Waals surface area contributed by atoms with Gasteiger partial charge in [-0.05, 0) is 30.5 Å². The molecule has 1 aromatic rings. The number of nitrogens with zero attached hydrogens (tertiary/aromatic N) is 2. The molecule has 0 heterocycles. The first kappa shape index (κ1) is 13.0. The molecule has 0 spiro atoms. The van der Waals surface area contributed by atoms with Crippen LogP contribution in [-0.2, 0) is 6.42 Å². The van der Waals surface area contributed by atoms with E-state index in [0.29, 0.717) is 0 Å². The summed E-state index contributed by atoms with van der Waals surface area (Å²) >= 11 is 0. The fourth-order valence-electron chi connectivity index (χ4n) is 1.45. The minimum absolute atomic E-state index is 0.0673. The van der Waals surface area contributed by atoms with Gasteiger partial charge in [0.25, 0.3) is 0 Å². The van der Waals surface area contributed by atoms with Gasteiger partial charge in [-0.15, -0.1) is 0 Å². The number of unbranched alkanes of at least 4 members (excludes halogenated alkanes) is 1. The Balaban J connectivity index is 2.81. The summed E-state index contributed by atoms with van der Waals surface area (Å²) in [6, 6.07) is 7.88. The van der Waals surface area contributed by atoms with E-state index >= 15 is 0 Å². The lowest BCUT2D eigenvalue weighted by Gasteiger charge is -2.01. The highest BCUT2D eigenvalue weighted by molar-refractivity contribution is 5.93. The number of hydrogen-bond donors (Lipinski definition) is 3. The summed E-state index contributed by atoms with van der Waals surface area (Å²) in [5, 5.41) is 0. The van der Waals surface area contributed by atoms with Crippen LogP contribution >= 0.6 is 0 Å². The first-order valence-corrected chi connectivity index (χ1v) is 5.64. The van der Waals surface area contributed by atoms with Gasteiger partial charge in [0.05, 0.1) is 5.69 Å². The number of benzene rings is 1. The molecule has 0 radical (unpaired) electrons. The fraction of sp³-hybridized carbons (Fsp3) is 0.333. The van der Waals surface area contributed by atoms with E-state index in [2.05, 4.69) is 23.0 Å². The maximum atomic E-state index is 5.56. The molecule has 0 saturated heterocycles. The van der Waals surface area contributed by atoms with E-state index in [1.54, 1.807) is 0 Å². The van der Waals surface area contributed by atoms with Crippen molar-refractivity contribution in [1.29, 1.82) is 0 Å². The largest absolute Gasteiger partial charge is 0.370 e. The van der Waals surface area contributed by atoms with Crippen LogP contribution in [0.1, 0.15) is 25.3 Å². The molecule has 5 nitrogen and oxygen atoms in total. The van der Waals surface area contributed by atoms with Crippen LogP contribution < -0.4 is 17.2 Å². The van der Waals surface area contributed by atoms with Crippen molar-refractivity contribution in [3.8, 4) is 0 Å². The fourth-order valence-corrected chi connectivity index (χ4v) is 1.45. The Morgan fingerprint density at radius 2 is 2.00 bits per heavy atom. The predicted octanol–water partition coefficient (Wildman–Crippen LogP) is 1.25. The van der Waals surface area contributed by atoms with Gasteiger partial charge < -0.3 is 17.2 Å². The lowest BCUT2D eigenvalue weighted by atomic mass is 10.1. The number of rotatable bonds is 4. The van der Waals surface area contributed by atoms with E-state index < -0.39 is 0 Å². The minimum Gasteiger partial charge on any atom is -0.370 e. The van der Waals surface area contributed by atoms with E-state index in [1.165, 1.54) is 12.0 Å². The van der Waals surface area contributed by atoms with Crippen LogP contribution in [0.2, 0.25) is 0 Å². The Labute approximate surface area is 101 Å². The third kappa shape index (κ3) is 5.01. The van der Waals surface area contributed by atoms with Crippen molar-refractivity contribution < 1.29 is 0 Å². The lowest BCUT2D eigenvalue weighted by Crippen LogP contribution is -2.26. The van der Waals surface area contributed by atoms with Gasteiger partial charge in [0, 0.05) is 0 Å². The molecule has 0 aliphatic carbocycles. The molecule has 17 heavy (non-hydrogen) atoms. The molecule has 0 atom stereocenters. The molecule has 0 bridgehead atoms. The van der Waals surface area contributed by atoms with Crippen molar-refractivity contribution in [3.05, 3.63) is 29.8 Å². The lowest BCUT2D eigenvalue weighted by molar-refractivity contribution is 0.795. The van der Waals surface area contributed by atoms with E-state index in [9.17, 15) is 0 Å². The third-order valence-corrected chi connectivity index (χ3v) is 2.22. The van der Waals surface area contributed by atoms with E-state index in [-0.39, 0.29) is 11.9 Å². The summed E-state index contributed by atoms with van der Waals surface area (Å²) in [5.41, 5.74) is 18.0. The molecule has 0 amide bonds. The molecule has 1 rings (SSSR count). The monoisotopic (exact) mass is 233 g/mol. The molecule has 0 saturated carbocycles. The topological polar surface area (TPSA) is 103 Å². The standard InChI is InChI=1S/C12H19N5/c1-2-3-5-9-6-4-7-10(8-9)16-12(15)17-11(13)14/h4,6-8H,2-3,5H2,1H3,(H6,13,14,15,16,17). The number of guanidine groups is 2. The Bertz CT molecular complexity index is 419. The number of hydrogen-bond acceptors (Lipinski definition) is 1. The van der Waals surface area contributed by atoms with Gasteiger partial charge in [0.15, 0.2) is 5.96 Å². The Kier molecular flexibility index (Phi) is 5.00. The molecular weight excluding hydrogens is 214 g/mol. The second kappa shape index (κ2) is 6.52. The van der Waals surface area contributed by atoms with Crippen molar-refractivity contribution in [1.82, 2.24) is 0 Å². The Morgan fingerprint density at radius 1 is 1.24 bits per heavy atom. The smallest absolute Gasteiger partial charge is 0.223 e. The zero-order valence-corrected chi connectivity index (χ0v) is 10.1. The predicted molar refractivity (Wildman–Crippen MR) is 72.1 cm³/mol. The van der Waals surface area contributed by atoms with Crippen molar-refractivity contribution in [2.45, 2.75) is 26.2 Å². The van der Waals surface area contributed by atoms with Crippen LogP contribution in [0, 0.1) is 0 Å². The average Bonchev–Trinajstić information content (AvgIpc) is 2.25. The molecule has 92 valence electrons. The maximum Gasteiger partial charge on any atom is 0.223 e. The van der Waals surface area contributed by atoms with E-state index in [1.807, 2.05) is 18.2 Å². The average molecular weight is 233 g/mol. The second-order valence-corrected chi connectivity index (χ2v) is 3.78. The molecule has 0 aliphatic rings. The number of aliphatic imine (C=N–C) groups is 2. The summed E-state index contributed by atoms with van der Waals surface area (Å²) in [7, 11) is 0. The van der Waals surface area contributed by atoms with Crippen LogP contribution in [0.4, 0.5) is 5.69 Å². The normalized spacial score (nSPS) is 11.2. The molecule has 0 aliphatic heterocycles. The molecule has 0 fully saturated rings. The van der Waals surface area contributed by atoms with Crippen molar-refractivity contribution in [2.24, 2.45) is 27.2 Å². The van der Waals surface area contributed by atoms with Gasteiger partial charge >= 0.3 is 0 Å². The van der Waals surface area contributed by atoms with Gasteiger partial charge in [-0.1, -0.05) is 25.5 Å². The number of aryl methyl sites for hydroxylation is 1. The third-order valence-electron chi connectivity index (χ3n) is 2.22. The second-order valence-electron chi connectivity index (χ2n) is 3.78. The zero-order chi connectivity index (χ0) is 12.7. The van der Waals surface area contributed by atoms with Crippen molar-refractivity contribution in [3.63, 3.8) is 0 Å². The molecule has 5 heteroatoms. The van der Waals surface area contributed by atoms with Gasteiger partial charge in [-0.25, -0.2) is 4.99 Å². The summed E-state index contributed by atoms with van der Waals surface area (Å²) in [6.45, 7) is 2.17. The summed E-state index contributed by atoms with van der Waals surface area (Å²) in [5.74, 6) is -0.0222. The minimum atomic E-state index is -0.0895. The zero-order valence-electron chi connectivity index (χ0n) is 10.1. The van der Waals surface area contributed by atoms with Gasteiger partial charge in [-0.3, -0.25) is 0 Å². The Morgan fingerprint density at radius 3 is 2.65 bits per heavy atom. The van der Waals surface area contributed by atoms with Crippen molar-refractivity contribution in [2.75, 3.05) is 0 Å². The van der Waals surface area contributed by atoms with Gasteiger partial charge in [-0.2, -0.15) is 4.99 Å². The number of nitrogens with two attached hydrogens (primary N) is 3. The van der Waals surface area contributed by atoms with Crippen LogP contribution in [-0.4, -0.2) is 11.9 Å². The highest BCUT2D eigenvalue weighted by Gasteiger charge is 1.96. The van der Waals surface area contributed by atoms with Crippen molar-refractivity contribution >= 4 is 17.6 Å². The molecule has 6 N–H and O–H groups in total. The van der Waals surface area contributed by atoms with Gasteiger partial charge in [0.1, 0.15) is 0 Å². The van der Waals surface area contributed by atoms with Crippen LogP contribution in [0.25, 0.3) is 0 Å². The quantitative estimate of drug-likeness (QED) is 0.538. The van der Waals surface area contributed by atoms with Crippen LogP contribution in [0.5, 0.6) is 0 Å². The molecular formula is C12H19N5. The summed E-state index contributed by atoms with van der Waals surface area (Å²) < 4.78 is 0. The Hall–Kier alpha value is -2.04. The van der Waals surface area contributed by atoms with Crippen LogP contribution in [0.15, 0.2) is 34.3 Å². The van der Waals surface area contributed by atoms with E-state index in [4.69, 9.17) is 17.2 Å². The summed E-state index contributed by atoms with van der Waals surface area (Å²) in [4.78, 5) is 7.78.